The largest absolute Gasteiger partial charge is 0.493 e. The van der Waals surface area contributed by atoms with Crippen molar-refractivity contribution in [3.63, 3.8) is 0 Å². The Hall–Kier alpha value is -1.59. The van der Waals surface area contributed by atoms with E-state index < -0.39 is 0 Å². The zero-order valence-corrected chi connectivity index (χ0v) is 12.4. The number of hydrogen-bond donors (Lipinski definition) is 0. The van der Waals surface area contributed by atoms with Gasteiger partial charge in [-0.25, -0.2) is 4.98 Å². The Balaban J connectivity index is 1.82. The predicted octanol–water partition coefficient (Wildman–Crippen LogP) is 2.94. The molecule has 0 unspecified atom stereocenters. The van der Waals surface area contributed by atoms with Crippen molar-refractivity contribution in [1.82, 2.24) is 9.88 Å². The van der Waals surface area contributed by atoms with Crippen LogP contribution in [0.15, 0.2) is 29.1 Å². The van der Waals surface area contributed by atoms with Gasteiger partial charge in [-0.2, -0.15) is 0 Å². The van der Waals surface area contributed by atoms with Crippen LogP contribution in [0.4, 0.5) is 0 Å². The second-order valence-corrected chi connectivity index (χ2v) is 5.56. The third-order valence-corrected chi connectivity index (χ3v) is 4.04. The number of ether oxygens (including phenoxy) is 2. The lowest BCUT2D eigenvalue weighted by molar-refractivity contribution is 0.194. The van der Waals surface area contributed by atoms with Gasteiger partial charge in [0.25, 0.3) is 0 Å². The number of nitrogens with zero attached hydrogens (tertiary/aromatic N) is 2. The molecule has 2 aromatic rings. The fourth-order valence-electron chi connectivity index (χ4n) is 2.47. The lowest BCUT2D eigenvalue weighted by atomic mass is 10.1. The van der Waals surface area contributed by atoms with Crippen molar-refractivity contribution in [2.75, 3.05) is 20.3 Å². The van der Waals surface area contributed by atoms with Crippen LogP contribution in [0.3, 0.4) is 0 Å². The molecule has 0 fully saturated rings. The average Bonchev–Trinajstić information content (AvgIpc) is 2.94. The van der Waals surface area contributed by atoms with Gasteiger partial charge in [-0.1, -0.05) is 12.1 Å². The standard InChI is InChI=1S/C15H18N2O2S/c1-18-14-5-2-4-12-8-17(6-3-7-19-15(12)14)9-13-10-20-11-16-13/h2,4-5,10-11H,3,6-9H2,1H3. The number of benzene rings is 1. The van der Waals surface area contributed by atoms with Crippen LogP contribution in [0.1, 0.15) is 17.7 Å². The van der Waals surface area contributed by atoms with E-state index in [1.807, 2.05) is 17.6 Å². The van der Waals surface area contributed by atoms with Crippen LogP contribution < -0.4 is 9.47 Å². The highest BCUT2D eigenvalue weighted by molar-refractivity contribution is 7.07. The summed E-state index contributed by atoms with van der Waals surface area (Å²) < 4.78 is 11.3. The molecule has 5 heteroatoms. The number of rotatable bonds is 3. The van der Waals surface area contributed by atoms with Crippen molar-refractivity contribution < 1.29 is 9.47 Å². The topological polar surface area (TPSA) is 34.6 Å². The third-order valence-electron chi connectivity index (χ3n) is 3.41. The highest BCUT2D eigenvalue weighted by atomic mass is 32.1. The van der Waals surface area contributed by atoms with E-state index in [0.717, 1.165) is 49.9 Å². The second-order valence-electron chi connectivity index (χ2n) is 4.84. The minimum Gasteiger partial charge on any atom is -0.493 e. The molecule has 0 saturated carbocycles. The van der Waals surface area contributed by atoms with E-state index in [-0.39, 0.29) is 0 Å². The number of thiazole rings is 1. The molecule has 0 amide bonds. The summed E-state index contributed by atoms with van der Waals surface area (Å²) in [7, 11) is 1.69. The molecule has 1 aliphatic heterocycles. The van der Waals surface area contributed by atoms with Crippen LogP contribution in [0.25, 0.3) is 0 Å². The molecular formula is C15H18N2O2S. The fourth-order valence-corrected chi connectivity index (χ4v) is 3.02. The second kappa shape index (κ2) is 6.24. The fraction of sp³-hybridized carbons (Fsp3) is 0.400. The highest BCUT2D eigenvalue weighted by Crippen LogP contribution is 2.33. The van der Waals surface area contributed by atoms with Crippen molar-refractivity contribution in [3.05, 3.63) is 40.3 Å². The first-order chi connectivity index (χ1) is 9.86. The Bertz CT molecular complexity index is 557. The summed E-state index contributed by atoms with van der Waals surface area (Å²) in [6.07, 6.45) is 1.02. The molecule has 1 aromatic heterocycles. The van der Waals surface area contributed by atoms with Crippen LogP contribution in [-0.2, 0) is 13.1 Å². The third kappa shape index (κ3) is 2.94. The van der Waals surface area contributed by atoms with E-state index >= 15 is 0 Å². The molecule has 20 heavy (non-hydrogen) atoms. The van der Waals surface area contributed by atoms with E-state index in [9.17, 15) is 0 Å². The summed E-state index contributed by atoms with van der Waals surface area (Å²) in [4.78, 5) is 6.79. The van der Waals surface area contributed by atoms with Crippen molar-refractivity contribution in [2.45, 2.75) is 19.5 Å². The molecule has 0 atom stereocenters. The van der Waals surface area contributed by atoms with E-state index in [0.29, 0.717) is 0 Å². The van der Waals surface area contributed by atoms with Crippen LogP contribution in [-0.4, -0.2) is 30.1 Å². The molecule has 3 rings (SSSR count). The quantitative estimate of drug-likeness (QED) is 0.870. The first kappa shape index (κ1) is 13.4. The van der Waals surface area contributed by atoms with Crippen LogP contribution in [0.5, 0.6) is 11.5 Å². The van der Waals surface area contributed by atoms with E-state index in [1.54, 1.807) is 18.4 Å². The first-order valence-electron chi connectivity index (χ1n) is 6.75. The van der Waals surface area contributed by atoms with Crippen LogP contribution >= 0.6 is 11.3 Å². The summed E-state index contributed by atoms with van der Waals surface area (Å²) in [5.41, 5.74) is 4.21. The monoisotopic (exact) mass is 290 g/mol. The van der Waals surface area contributed by atoms with Gasteiger partial charge in [0, 0.05) is 30.6 Å². The van der Waals surface area contributed by atoms with Crippen LogP contribution in [0.2, 0.25) is 0 Å². The zero-order chi connectivity index (χ0) is 13.8. The van der Waals surface area contributed by atoms with E-state index in [1.165, 1.54) is 5.56 Å². The van der Waals surface area contributed by atoms with Crippen molar-refractivity contribution in [1.29, 1.82) is 0 Å². The van der Waals surface area contributed by atoms with Crippen molar-refractivity contribution in [3.8, 4) is 11.5 Å². The summed E-state index contributed by atoms with van der Waals surface area (Å²) in [5.74, 6) is 1.70. The Morgan fingerprint density at radius 2 is 2.40 bits per heavy atom. The maximum Gasteiger partial charge on any atom is 0.165 e. The Morgan fingerprint density at radius 1 is 1.45 bits per heavy atom. The molecule has 0 N–H and O–H groups in total. The molecule has 4 nitrogen and oxygen atoms in total. The maximum absolute atomic E-state index is 5.87. The first-order valence-corrected chi connectivity index (χ1v) is 7.69. The minimum absolute atomic E-state index is 0.723. The summed E-state index contributed by atoms with van der Waals surface area (Å²) in [6, 6.07) is 6.08. The number of fused-ring (bicyclic) bond motifs is 1. The Morgan fingerprint density at radius 3 is 3.20 bits per heavy atom. The number of aromatic nitrogens is 1. The molecular weight excluding hydrogens is 272 g/mol. The minimum atomic E-state index is 0.723. The SMILES string of the molecule is COc1cccc2c1OCCCN(Cc1cscn1)C2. The normalized spacial score (nSPS) is 15.8. The molecule has 106 valence electrons. The zero-order valence-electron chi connectivity index (χ0n) is 11.5. The molecule has 1 aliphatic rings. The van der Waals surface area contributed by atoms with Gasteiger partial charge in [0.05, 0.1) is 24.9 Å². The maximum atomic E-state index is 5.87. The van der Waals surface area contributed by atoms with Crippen molar-refractivity contribution >= 4 is 11.3 Å². The Labute approximate surface area is 123 Å². The number of hydrogen-bond acceptors (Lipinski definition) is 5. The molecule has 2 heterocycles. The van der Waals surface area contributed by atoms with Crippen molar-refractivity contribution in [2.24, 2.45) is 0 Å². The predicted molar refractivity (Wildman–Crippen MR) is 79.3 cm³/mol. The van der Waals surface area contributed by atoms with Gasteiger partial charge >= 0.3 is 0 Å². The average molecular weight is 290 g/mol. The summed E-state index contributed by atoms with van der Waals surface area (Å²) in [6.45, 7) is 3.50. The molecule has 0 bridgehead atoms. The Kier molecular flexibility index (Phi) is 4.18. The smallest absolute Gasteiger partial charge is 0.165 e. The summed E-state index contributed by atoms with van der Waals surface area (Å²) >= 11 is 1.65. The highest BCUT2D eigenvalue weighted by Gasteiger charge is 2.17. The summed E-state index contributed by atoms with van der Waals surface area (Å²) in [5, 5.41) is 2.11. The van der Waals surface area contributed by atoms with Gasteiger partial charge in [0.2, 0.25) is 0 Å². The molecule has 0 saturated heterocycles. The van der Waals surface area contributed by atoms with E-state index in [4.69, 9.17) is 9.47 Å². The lowest BCUT2D eigenvalue weighted by Gasteiger charge is -2.26. The van der Waals surface area contributed by atoms with Crippen LogP contribution in [0, 0.1) is 0 Å². The van der Waals surface area contributed by atoms with Gasteiger partial charge < -0.3 is 9.47 Å². The number of methoxy groups -OCH3 is 1. The lowest BCUT2D eigenvalue weighted by Crippen LogP contribution is -2.27. The van der Waals surface area contributed by atoms with Gasteiger partial charge in [-0.05, 0) is 12.5 Å². The van der Waals surface area contributed by atoms with Gasteiger partial charge in [-0.15, -0.1) is 11.3 Å². The molecule has 0 radical (unpaired) electrons. The van der Waals surface area contributed by atoms with Gasteiger partial charge in [0.1, 0.15) is 0 Å². The number of para-hydroxylation sites is 1. The molecule has 0 spiro atoms. The van der Waals surface area contributed by atoms with Gasteiger partial charge in [-0.3, -0.25) is 4.90 Å². The van der Waals surface area contributed by atoms with Gasteiger partial charge in [0.15, 0.2) is 11.5 Å². The van der Waals surface area contributed by atoms with E-state index in [2.05, 4.69) is 21.3 Å². The molecule has 0 aliphatic carbocycles. The molecule has 1 aromatic carbocycles.